The molecule has 2 aliphatic rings. The lowest BCUT2D eigenvalue weighted by molar-refractivity contribution is -0.131. The number of rotatable bonds is 5. The first kappa shape index (κ1) is 13.8. The Morgan fingerprint density at radius 1 is 1.06 bits per heavy atom. The van der Waals surface area contributed by atoms with Crippen LogP contribution in [-0.4, -0.2) is 61.0 Å². The van der Waals surface area contributed by atoms with Crippen molar-refractivity contribution in [1.82, 2.24) is 15.1 Å². The molecule has 0 saturated carbocycles. The van der Waals surface area contributed by atoms with Gasteiger partial charge in [-0.1, -0.05) is 0 Å². The first-order valence-electron chi connectivity index (χ1n) is 7.50. The first-order chi connectivity index (χ1) is 8.77. The van der Waals surface area contributed by atoms with Crippen molar-refractivity contribution in [1.29, 1.82) is 0 Å². The van der Waals surface area contributed by atoms with E-state index in [-0.39, 0.29) is 5.91 Å². The second kappa shape index (κ2) is 7.10. The lowest BCUT2D eigenvalue weighted by Gasteiger charge is -2.28. The van der Waals surface area contributed by atoms with Crippen LogP contribution >= 0.6 is 0 Å². The second-order valence-corrected chi connectivity index (χ2v) is 5.66. The molecule has 0 radical (unpaired) electrons. The van der Waals surface area contributed by atoms with Crippen molar-refractivity contribution in [3.05, 3.63) is 0 Å². The summed E-state index contributed by atoms with van der Waals surface area (Å²) < 4.78 is 0. The Bertz CT molecular complexity index is 258. The minimum atomic E-state index is 0.281. The van der Waals surface area contributed by atoms with Gasteiger partial charge < -0.3 is 10.2 Å². The predicted octanol–water partition coefficient (Wildman–Crippen LogP) is 1.07. The highest BCUT2D eigenvalue weighted by Crippen LogP contribution is 2.11. The Hall–Kier alpha value is -0.610. The van der Waals surface area contributed by atoms with Crippen LogP contribution < -0.4 is 5.32 Å². The van der Waals surface area contributed by atoms with E-state index in [0.717, 1.165) is 19.6 Å². The predicted molar refractivity (Wildman–Crippen MR) is 73.6 cm³/mol. The molecule has 2 heterocycles. The van der Waals surface area contributed by atoms with Crippen LogP contribution in [0, 0.1) is 0 Å². The Kier molecular flexibility index (Phi) is 5.45. The van der Waals surface area contributed by atoms with Crippen LogP contribution in [0.2, 0.25) is 0 Å². The van der Waals surface area contributed by atoms with Crippen LogP contribution in [-0.2, 0) is 4.79 Å². The van der Waals surface area contributed by atoms with Crippen molar-refractivity contribution in [2.45, 2.75) is 45.1 Å². The number of nitrogens with one attached hydrogen (secondary N) is 1. The van der Waals surface area contributed by atoms with Gasteiger partial charge in [-0.25, -0.2) is 0 Å². The van der Waals surface area contributed by atoms with Gasteiger partial charge in [-0.15, -0.1) is 0 Å². The largest absolute Gasteiger partial charge is 0.342 e. The molecule has 0 aromatic rings. The van der Waals surface area contributed by atoms with Gasteiger partial charge in [0.05, 0.1) is 6.54 Å². The molecule has 1 unspecified atom stereocenters. The fourth-order valence-electron chi connectivity index (χ4n) is 2.95. The van der Waals surface area contributed by atoms with E-state index in [1.165, 1.54) is 45.2 Å². The van der Waals surface area contributed by atoms with Crippen molar-refractivity contribution >= 4 is 5.91 Å². The highest BCUT2D eigenvalue weighted by molar-refractivity contribution is 5.78. The summed E-state index contributed by atoms with van der Waals surface area (Å²) in [5, 5.41) is 3.33. The number of carbonyl (C=O) groups excluding carboxylic acids is 1. The van der Waals surface area contributed by atoms with Crippen LogP contribution in [0.3, 0.4) is 0 Å². The summed E-state index contributed by atoms with van der Waals surface area (Å²) in [7, 11) is 0. The number of hydrogen-bond acceptors (Lipinski definition) is 3. The second-order valence-electron chi connectivity index (χ2n) is 5.66. The van der Waals surface area contributed by atoms with Gasteiger partial charge in [0, 0.05) is 25.7 Å². The van der Waals surface area contributed by atoms with Crippen molar-refractivity contribution in [3.63, 3.8) is 0 Å². The summed E-state index contributed by atoms with van der Waals surface area (Å²) in [6.07, 6.45) is 6.29. The van der Waals surface area contributed by atoms with Crippen molar-refractivity contribution < 1.29 is 4.79 Å². The molecule has 1 N–H and O–H groups in total. The summed E-state index contributed by atoms with van der Waals surface area (Å²) in [5.74, 6) is 0.281. The van der Waals surface area contributed by atoms with Crippen LogP contribution in [0.4, 0.5) is 0 Å². The summed E-state index contributed by atoms with van der Waals surface area (Å²) in [4.78, 5) is 16.5. The minimum Gasteiger partial charge on any atom is -0.342 e. The summed E-state index contributed by atoms with van der Waals surface area (Å²) in [6, 6.07) is 0.557. The quantitative estimate of drug-likeness (QED) is 0.796. The SMILES string of the molecule is CC(CNCC(=O)N1CCCCC1)N1CCCC1. The molecular weight excluding hydrogens is 226 g/mol. The molecule has 0 bridgehead atoms. The fourth-order valence-corrected chi connectivity index (χ4v) is 2.95. The molecule has 0 aliphatic carbocycles. The maximum absolute atomic E-state index is 12.0. The molecule has 2 rings (SSSR count). The number of likely N-dealkylation sites (tertiary alicyclic amines) is 2. The van der Waals surface area contributed by atoms with Gasteiger partial charge in [0.15, 0.2) is 0 Å². The molecule has 1 atom stereocenters. The first-order valence-corrected chi connectivity index (χ1v) is 7.50. The minimum absolute atomic E-state index is 0.281. The fraction of sp³-hybridized carbons (Fsp3) is 0.929. The van der Waals surface area contributed by atoms with Crippen molar-refractivity contribution in [3.8, 4) is 0 Å². The summed E-state index contributed by atoms with van der Waals surface area (Å²) in [5.41, 5.74) is 0. The highest BCUT2D eigenvalue weighted by Gasteiger charge is 2.19. The molecule has 0 spiro atoms. The third-order valence-electron chi connectivity index (χ3n) is 4.19. The number of hydrogen-bond donors (Lipinski definition) is 1. The monoisotopic (exact) mass is 253 g/mol. The average Bonchev–Trinajstić information content (AvgIpc) is 2.93. The molecule has 104 valence electrons. The van der Waals surface area contributed by atoms with E-state index >= 15 is 0 Å². The van der Waals surface area contributed by atoms with Gasteiger partial charge in [-0.3, -0.25) is 9.69 Å². The van der Waals surface area contributed by atoms with Gasteiger partial charge in [-0.2, -0.15) is 0 Å². The number of nitrogens with zero attached hydrogens (tertiary/aromatic N) is 2. The van der Waals surface area contributed by atoms with Gasteiger partial charge >= 0.3 is 0 Å². The van der Waals surface area contributed by atoms with E-state index < -0.39 is 0 Å². The smallest absolute Gasteiger partial charge is 0.236 e. The molecule has 0 aromatic carbocycles. The Morgan fingerprint density at radius 2 is 1.67 bits per heavy atom. The van der Waals surface area contributed by atoms with Crippen LogP contribution in [0.15, 0.2) is 0 Å². The Labute approximate surface area is 111 Å². The van der Waals surface area contributed by atoms with E-state index in [2.05, 4.69) is 17.1 Å². The van der Waals surface area contributed by atoms with Gasteiger partial charge in [-0.05, 0) is 52.1 Å². The van der Waals surface area contributed by atoms with Crippen molar-refractivity contribution in [2.24, 2.45) is 0 Å². The Balaban J connectivity index is 1.60. The highest BCUT2D eigenvalue weighted by atomic mass is 16.2. The molecular formula is C14H27N3O. The van der Waals surface area contributed by atoms with Gasteiger partial charge in [0.25, 0.3) is 0 Å². The van der Waals surface area contributed by atoms with Crippen molar-refractivity contribution in [2.75, 3.05) is 39.3 Å². The molecule has 4 heteroatoms. The zero-order chi connectivity index (χ0) is 12.8. The van der Waals surface area contributed by atoms with E-state index in [1.807, 2.05) is 4.90 Å². The van der Waals surface area contributed by atoms with Crippen LogP contribution in [0.25, 0.3) is 0 Å². The number of carbonyl (C=O) groups is 1. The lowest BCUT2D eigenvalue weighted by Crippen LogP contribution is -2.44. The zero-order valence-electron chi connectivity index (χ0n) is 11.7. The number of amides is 1. The topological polar surface area (TPSA) is 35.6 Å². The maximum atomic E-state index is 12.0. The van der Waals surface area contributed by atoms with E-state index in [1.54, 1.807) is 0 Å². The zero-order valence-corrected chi connectivity index (χ0v) is 11.7. The van der Waals surface area contributed by atoms with E-state index in [9.17, 15) is 4.79 Å². The summed E-state index contributed by atoms with van der Waals surface area (Å²) in [6.45, 7) is 8.07. The third kappa shape index (κ3) is 3.95. The van der Waals surface area contributed by atoms with Gasteiger partial charge in [0.1, 0.15) is 0 Å². The average molecular weight is 253 g/mol. The third-order valence-corrected chi connectivity index (χ3v) is 4.19. The van der Waals surface area contributed by atoms with E-state index in [4.69, 9.17) is 0 Å². The normalized spacial score (nSPS) is 23.3. The molecule has 2 fully saturated rings. The van der Waals surface area contributed by atoms with Gasteiger partial charge in [0.2, 0.25) is 5.91 Å². The molecule has 4 nitrogen and oxygen atoms in total. The van der Waals surface area contributed by atoms with Crippen LogP contribution in [0.1, 0.15) is 39.0 Å². The standard InChI is InChI=1S/C14H27N3O/c1-13(16-7-5-6-8-16)11-15-12-14(18)17-9-3-2-4-10-17/h13,15H,2-12H2,1H3. The maximum Gasteiger partial charge on any atom is 0.236 e. The summed E-state index contributed by atoms with van der Waals surface area (Å²) >= 11 is 0. The van der Waals surface area contributed by atoms with E-state index in [0.29, 0.717) is 12.6 Å². The molecule has 1 amide bonds. The molecule has 18 heavy (non-hydrogen) atoms. The number of piperidine rings is 1. The van der Waals surface area contributed by atoms with Crippen LogP contribution in [0.5, 0.6) is 0 Å². The Morgan fingerprint density at radius 3 is 2.33 bits per heavy atom. The molecule has 2 saturated heterocycles. The lowest BCUT2D eigenvalue weighted by atomic mass is 10.1. The molecule has 2 aliphatic heterocycles. The molecule has 0 aromatic heterocycles.